The van der Waals surface area contributed by atoms with E-state index in [0.717, 1.165) is 12.0 Å². The van der Waals surface area contributed by atoms with Crippen LogP contribution in [0.5, 0.6) is 5.75 Å². The molecule has 1 aromatic carbocycles. The molecular formula is C19H31OSi2Ti. The molecule has 0 aliphatic heterocycles. The van der Waals surface area contributed by atoms with Gasteiger partial charge in [-0.3, -0.25) is 6.08 Å². The number of aromatic hydroxyl groups is 1. The summed E-state index contributed by atoms with van der Waals surface area (Å²) >= 11 is 1.75. The molecule has 1 nitrogen and oxygen atoms in total. The van der Waals surface area contributed by atoms with Crippen molar-refractivity contribution in [2.24, 2.45) is 0 Å². The van der Waals surface area contributed by atoms with Gasteiger partial charge in [0.2, 0.25) is 0 Å². The molecule has 4 heteroatoms. The van der Waals surface area contributed by atoms with Gasteiger partial charge in [0.1, 0.15) is 5.75 Å². The minimum absolute atomic E-state index is 0.396. The van der Waals surface area contributed by atoms with Crippen LogP contribution in [0, 0.1) is 13.0 Å². The summed E-state index contributed by atoms with van der Waals surface area (Å²) in [5.41, 5.74) is 1.15. The molecule has 125 valence electrons. The van der Waals surface area contributed by atoms with Crippen molar-refractivity contribution in [1.29, 1.82) is 0 Å². The van der Waals surface area contributed by atoms with E-state index in [-0.39, 0.29) is 0 Å². The zero-order valence-corrected chi connectivity index (χ0v) is 19.3. The number of phenolic OH excluding ortho intramolecular Hbond substituents is 1. The number of hydrogen-bond donors (Lipinski definition) is 1. The molecule has 0 unspecified atom stereocenters. The summed E-state index contributed by atoms with van der Waals surface area (Å²) in [5.74, 6) is 0.396. The number of allylic oxidation sites excluding steroid dienone is 4. The van der Waals surface area contributed by atoms with Crippen LogP contribution >= 0.6 is 0 Å². The summed E-state index contributed by atoms with van der Waals surface area (Å²) in [6.45, 7) is 15.9. The topological polar surface area (TPSA) is 20.2 Å². The van der Waals surface area contributed by atoms with Crippen molar-refractivity contribution in [2.45, 2.75) is 52.6 Å². The maximum absolute atomic E-state index is 9.38. The molecule has 1 aliphatic rings. The third-order valence-electron chi connectivity index (χ3n) is 3.43. The van der Waals surface area contributed by atoms with Crippen molar-refractivity contribution in [1.82, 2.24) is 0 Å². The van der Waals surface area contributed by atoms with E-state index in [2.05, 4.69) is 68.4 Å². The number of aryl methyl sites for hydroxylation is 1. The molecule has 1 aromatic rings. The number of rotatable bonds is 2. The van der Waals surface area contributed by atoms with E-state index in [1.54, 1.807) is 26.0 Å². The van der Waals surface area contributed by atoms with E-state index in [4.69, 9.17) is 0 Å². The third kappa shape index (κ3) is 8.80. The third-order valence-corrected chi connectivity index (χ3v) is 7.41. The average molecular weight is 379 g/mol. The summed E-state index contributed by atoms with van der Waals surface area (Å²) in [6, 6.07) is 5.86. The van der Waals surface area contributed by atoms with Crippen LogP contribution in [0.2, 0.25) is 39.3 Å². The van der Waals surface area contributed by atoms with E-state index in [1.165, 1.54) is 10.4 Å². The van der Waals surface area contributed by atoms with Crippen LogP contribution in [0.1, 0.15) is 12.0 Å². The van der Waals surface area contributed by atoms with Crippen LogP contribution in [-0.2, 0) is 20.0 Å². The molecule has 0 bridgehead atoms. The van der Waals surface area contributed by atoms with E-state index in [9.17, 15) is 5.11 Å². The number of hydrogen-bond acceptors (Lipinski definition) is 1. The molecule has 0 saturated carbocycles. The van der Waals surface area contributed by atoms with Gasteiger partial charge in [0.15, 0.2) is 0 Å². The summed E-state index contributed by atoms with van der Waals surface area (Å²) < 4.78 is 0. The first kappa shape index (κ1) is 22.5. The van der Waals surface area contributed by atoms with Crippen molar-refractivity contribution < 1.29 is 25.1 Å². The molecule has 0 amide bonds. The number of phenols is 1. The monoisotopic (exact) mass is 379 g/mol. The summed E-state index contributed by atoms with van der Waals surface area (Å²) in [7, 11) is -2.26. The van der Waals surface area contributed by atoms with Crippen LogP contribution in [-0.4, -0.2) is 26.1 Å². The predicted octanol–water partition coefficient (Wildman–Crippen LogP) is 4.76. The second-order valence-corrected chi connectivity index (χ2v) is 17.9. The summed E-state index contributed by atoms with van der Waals surface area (Å²) in [5, 5.41) is 12.2. The predicted molar refractivity (Wildman–Crippen MR) is 107 cm³/mol. The Bertz CT molecular complexity index is 543. The van der Waals surface area contributed by atoms with Gasteiger partial charge in [0.25, 0.3) is 0 Å². The van der Waals surface area contributed by atoms with Crippen LogP contribution in [0.4, 0.5) is 0 Å². The van der Waals surface area contributed by atoms with E-state index >= 15 is 0 Å². The van der Waals surface area contributed by atoms with Crippen LogP contribution in [0.3, 0.4) is 0 Å². The van der Waals surface area contributed by atoms with Crippen LogP contribution in [0.15, 0.2) is 35.5 Å². The Labute approximate surface area is 156 Å². The SMILES string of the molecule is C[Si](C)(C)C1=[C-]CC=C1.Cc1cc(O)cc([Si](C)(C)C)c1.[CH2]=[Ti+]. The van der Waals surface area contributed by atoms with Gasteiger partial charge in [-0.2, -0.15) is 6.08 Å². The summed E-state index contributed by atoms with van der Waals surface area (Å²) in [6.07, 6.45) is 8.82. The second-order valence-electron chi connectivity index (χ2n) is 7.75. The summed E-state index contributed by atoms with van der Waals surface area (Å²) in [4.78, 5) is 3.25. The van der Waals surface area contributed by atoms with Gasteiger partial charge >= 0.3 is 24.8 Å². The first-order valence-electron chi connectivity index (χ1n) is 7.94. The molecule has 0 aromatic heterocycles. The van der Waals surface area contributed by atoms with Crippen molar-refractivity contribution in [3.8, 4) is 5.75 Å². The second kappa shape index (κ2) is 9.73. The Balaban J connectivity index is 0.000000392. The molecule has 1 N–H and O–H groups in total. The minimum atomic E-state index is -1.26. The Kier molecular flexibility index (Phi) is 9.52. The van der Waals surface area contributed by atoms with Crippen molar-refractivity contribution >= 4 is 26.2 Å². The van der Waals surface area contributed by atoms with E-state index in [1.807, 2.05) is 13.0 Å². The molecule has 0 fully saturated rings. The Morgan fingerprint density at radius 1 is 1.00 bits per heavy atom. The molecule has 2 rings (SSSR count). The average Bonchev–Trinajstić information content (AvgIpc) is 2.93. The fourth-order valence-electron chi connectivity index (χ4n) is 2.12. The van der Waals surface area contributed by atoms with Crippen molar-refractivity contribution in [3.05, 3.63) is 47.2 Å². The maximum atomic E-state index is 9.38. The van der Waals surface area contributed by atoms with Gasteiger partial charge in [0.05, 0.1) is 8.07 Å². The molecule has 0 heterocycles. The normalized spacial score (nSPS) is 13.5. The van der Waals surface area contributed by atoms with Crippen molar-refractivity contribution in [3.63, 3.8) is 0 Å². The van der Waals surface area contributed by atoms with Crippen molar-refractivity contribution in [2.75, 3.05) is 0 Å². The number of benzene rings is 1. The van der Waals surface area contributed by atoms with Gasteiger partial charge in [-0.15, -0.1) is 6.42 Å². The van der Waals surface area contributed by atoms with Gasteiger partial charge in [-0.1, -0.05) is 50.5 Å². The Morgan fingerprint density at radius 3 is 1.87 bits per heavy atom. The van der Waals surface area contributed by atoms with Gasteiger partial charge in [-0.25, -0.2) is 11.3 Å². The quantitative estimate of drug-likeness (QED) is 0.580. The molecule has 0 saturated heterocycles. The molecule has 0 radical (unpaired) electrons. The first-order chi connectivity index (χ1) is 10.5. The molecule has 0 spiro atoms. The zero-order chi connectivity index (χ0) is 18.3. The molecule has 23 heavy (non-hydrogen) atoms. The van der Waals surface area contributed by atoms with Crippen LogP contribution in [0.25, 0.3) is 0 Å². The van der Waals surface area contributed by atoms with Gasteiger partial charge < -0.3 is 5.11 Å². The Morgan fingerprint density at radius 2 is 1.57 bits per heavy atom. The van der Waals surface area contributed by atoms with Crippen LogP contribution < -0.4 is 5.19 Å². The molecular weight excluding hydrogens is 348 g/mol. The fraction of sp³-hybridized carbons (Fsp3) is 0.421. The van der Waals surface area contributed by atoms with E-state index < -0.39 is 16.1 Å². The zero-order valence-electron chi connectivity index (χ0n) is 15.7. The molecule has 0 atom stereocenters. The van der Waals surface area contributed by atoms with E-state index in [0.29, 0.717) is 5.75 Å². The molecule has 1 aliphatic carbocycles. The van der Waals surface area contributed by atoms with Gasteiger partial charge in [0, 0.05) is 8.07 Å². The first-order valence-corrected chi connectivity index (χ1v) is 16.0. The standard InChI is InChI=1S/C10H16OSi.C8H13Si.CH2.Ti/c1-8-5-9(11)7-10(6-8)12(2,3)4;1-9(2,3)8-6-4-5-7-8;;/h5-7,11H,1-4H3;4,6H,5H2,1-3H3;1H2;/q;-1;;+1. The Hall–Kier alpha value is -0.482. The fourth-order valence-corrected chi connectivity index (χ4v) is 4.61. The van der Waals surface area contributed by atoms with Gasteiger partial charge in [-0.05, 0) is 24.6 Å².